The largest absolute Gasteiger partial charge is 0.338 e. The van der Waals surface area contributed by atoms with Gasteiger partial charge in [-0.2, -0.15) is 0 Å². The molecule has 1 saturated heterocycles. The number of hydrogen-bond donors (Lipinski definition) is 1. The van der Waals surface area contributed by atoms with Crippen LogP contribution in [0.5, 0.6) is 0 Å². The van der Waals surface area contributed by atoms with Gasteiger partial charge in [-0.3, -0.25) is 4.79 Å². The number of fused-ring (bicyclic) bond motifs is 1. The Labute approximate surface area is 150 Å². The fraction of sp³-hybridized carbons (Fsp3) is 0.632. The molecular weight excluding hydrogens is 336 g/mol. The quantitative estimate of drug-likeness (QED) is 0.897. The molecule has 0 unspecified atom stereocenters. The predicted octanol–water partition coefficient (Wildman–Crippen LogP) is 2.86. The molecule has 1 heterocycles. The van der Waals surface area contributed by atoms with Crippen molar-refractivity contribution >= 4 is 15.9 Å². The molecule has 1 saturated carbocycles. The summed E-state index contributed by atoms with van der Waals surface area (Å²) in [5.41, 5.74) is 2.00. The number of sulfonamides is 1. The Morgan fingerprint density at radius 2 is 1.80 bits per heavy atom. The Balaban J connectivity index is 1.87. The van der Waals surface area contributed by atoms with E-state index in [1.54, 1.807) is 6.92 Å². The van der Waals surface area contributed by atoms with Crippen LogP contribution in [-0.2, 0) is 10.0 Å². The first kappa shape index (κ1) is 18.4. The molecule has 1 aliphatic heterocycles. The van der Waals surface area contributed by atoms with Crippen LogP contribution in [0.1, 0.15) is 53.6 Å². The predicted molar refractivity (Wildman–Crippen MR) is 98.1 cm³/mol. The van der Waals surface area contributed by atoms with Crippen molar-refractivity contribution in [2.24, 2.45) is 11.8 Å². The number of amides is 1. The molecule has 2 atom stereocenters. The lowest BCUT2D eigenvalue weighted by molar-refractivity contribution is 0.0520. The van der Waals surface area contributed by atoms with E-state index < -0.39 is 10.0 Å². The fourth-order valence-corrected chi connectivity index (χ4v) is 5.37. The molecule has 0 spiro atoms. The highest BCUT2D eigenvalue weighted by Crippen LogP contribution is 2.36. The number of rotatable bonds is 3. The van der Waals surface area contributed by atoms with Gasteiger partial charge in [0.2, 0.25) is 10.0 Å². The maximum absolute atomic E-state index is 13.0. The normalized spacial score (nSPS) is 24.0. The van der Waals surface area contributed by atoms with Crippen LogP contribution in [0.4, 0.5) is 0 Å². The number of carbonyl (C=O) groups excluding carboxylic acids is 1. The molecule has 1 aromatic rings. The summed E-state index contributed by atoms with van der Waals surface area (Å²) in [6.07, 6.45) is 6.15. The number of nitrogens with one attached hydrogen (secondary N) is 1. The van der Waals surface area contributed by atoms with Crippen LogP contribution in [0, 0.1) is 25.7 Å². The van der Waals surface area contributed by atoms with Crippen LogP contribution in [0.25, 0.3) is 0 Å². The van der Waals surface area contributed by atoms with E-state index in [1.807, 2.05) is 17.9 Å². The Bertz CT molecular complexity index is 773. The van der Waals surface area contributed by atoms with E-state index in [0.29, 0.717) is 17.0 Å². The minimum absolute atomic E-state index is 0.0420. The Hall–Kier alpha value is -1.40. The van der Waals surface area contributed by atoms with E-state index in [9.17, 15) is 13.2 Å². The molecule has 1 aliphatic carbocycles. The lowest BCUT2D eigenvalue weighted by atomic mass is 9.75. The summed E-state index contributed by atoms with van der Waals surface area (Å²) in [6.45, 7) is 5.22. The van der Waals surface area contributed by atoms with Crippen molar-refractivity contribution in [3.8, 4) is 0 Å². The molecule has 3 rings (SSSR count). The number of aryl methyl sites for hydroxylation is 1. The summed E-state index contributed by atoms with van der Waals surface area (Å²) in [7, 11) is -2.18. The van der Waals surface area contributed by atoms with Crippen LogP contribution in [0.15, 0.2) is 17.0 Å². The summed E-state index contributed by atoms with van der Waals surface area (Å²) in [5.74, 6) is 1.33. The molecule has 0 bridgehead atoms. The van der Waals surface area contributed by atoms with E-state index in [2.05, 4.69) is 4.72 Å². The highest BCUT2D eigenvalue weighted by molar-refractivity contribution is 7.89. The van der Waals surface area contributed by atoms with Gasteiger partial charge in [-0.15, -0.1) is 0 Å². The third-order valence-corrected chi connectivity index (χ3v) is 7.54. The van der Waals surface area contributed by atoms with E-state index >= 15 is 0 Å². The first-order valence-corrected chi connectivity index (χ1v) is 10.7. The van der Waals surface area contributed by atoms with E-state index in [1.165, 1.54) is 38.8 Å². The molecule has 1 amide bonds. The molecule has 25 heavy (non-hydrogen) atoms. The molecule has 2 aliphatic rings. The molecule has 2 fully saturated rings. The molecule has 0 radical (unpaired) electrons. The average molecular weight is 365 g/mol. The van der Waals surface area contributed by atoms with Crippen molar-refractivity contribution in [2.75, 3.05) is 20.1 Å². The van der Waals surface area contributed by atoms with Gasteiger partial charge in [0.1, 0.15) is 0 Å². The lowest BCUT2D eigenvalue weighted by Crippen LogP contribution is -2.44. The van der Waals surface area contributed by atoms with Crippen molar-refractivity contribution in [1.29, 1.82) is 0 Å². The minimum atomic E-state index is -3.58. The third-order valence-electron chi connectivity index (χ3n) is 6.00. The van der Waals surface area contributed by atoms with E-state index in [-0.39, 0.29) is 10.8 Å². The number of likely N-dealkylation sites (tertiary alicyclic amines) is 1. The highest BCUT2D eigenvalue weighted by Gasteiger charge is 2.33. The van der Waals surface area contributed by atoms with Gasteiger partial charge < -0.3 is 4.90 Å². The summed E-state index contributed by atoms with van der Waals surface area (Å²) < 4.78 is 26.9. The molecule has 1 N–H and O–H groups in total. The molecular formula is C19H28N2O3S. The van der Waals surface area contributed by atoms with Crippen molar-refractivity contribution in [3.05, 3.63) is 28.8 Å². The summed E-state index contributed by atoms with van der Waals surface area (Å²) in [5, 5.41) is 0. The molecule has 138 valence electrons. The first-order valence-electron chi connectivity index (χ1n) is 9.17. The van der Waals surface area contributed by atoms with Crippen LogP contribution in [0.2, 0.25) is 0 Å². The zero-order valence-corrected chi connectivity index (χ0v) is 16.2. The Morgan fingerprint density at radius 3 is 2.48 bits per heavy atom. The van der Waals surface area contributed by atoms with Crippen LogP contribution >= 0.6 is 0 Å². The monoisotopic (exact) mass is 364 g/mol. The van der Waals surface area contributed by atoms with Gasteiger partial charge in [-0.1, -0.05) is 19.3 Å². The van der Waals surface area contributed by atoms with Crippen molar-refractivity contribution in [1.82, 2.24) is 9.62 Å². The smallest absolute Gasteiger partial charge is 0.253 e. The summed E-state index contributed by atoms with van der Waals surface area (Å²) in [6, 6.07) is 3.35. The highest BCUT2D eigenvalue weighted by atomic mass is 32.2. The van der Waals surface area contributed by atoms with E-state index in [4.69, 9.17) is 0 Å². The van der Waals surface area contributed by atoms with Gasteiger partial charge in [0, 0.05) is 18.7 Å². The topological polar surface area (TPSA) is 66.5 Å². The second-order valence-corrected chi connectivity index (χ2v) is 9.32. The van der Waals surface area contributed by atoms with Crippen LogP contribution in [0.3, 0.4) is 0 Å². The lowest BCUT2D eigenvalue weighted by Gasteiger charge is -2.41. The third kappa shape index (κ3) is 3.60. The maximum Gasteiger partial charge on any atom is 0.253 e. The SMILES string of the molecule is CNS(=O)(=O)c1cc(C(=O)N2CC[C@@H]3CCCC[C@H]3C2)cc(C)c1C. The summed E-state index contributed by atoms with van der Waals surface area (Å²) in [4.78, 5) is 15.1. The van der Waals surface area contributed by atoms with Crippen molar-refractivity contribution < 1.29 is 13.2 Å². The van der Waals surface area contributed by atoms with Gasteiger partial charge >= 0.3 is 0 Å². The molecule has 5 nitrogen and oxygen atoms in total. The second-order valence-electron chi connectivity index (χ2n) is 7.47. The zero-order chi connectivity index (χ0) is 18.2. The van der Waals surface area contributed by atoms with Gasteiger partial charge in [0.25, 0.3) is 5.91 Å². The molecule has 1 aromatic carbocycles. The maximum atomic E-state index is 13.0. The first-order chi connectivity index (χ1) is 11.8. The Kier molecular flexibility index (Phi) is 5.21. The van der Waals surface area contributed by atoms with Gasteiger partial charge in [0.15, 0.2) is 0 Å². The van der Waals surface area contributed by atoms with Crippen LogP contribution in [-0.4, -0.2) is 39.4 Å². The number of piperidine rings is 1. The molecule has 6 heteroatoms. The van der Waals surface area contributed by atoms with Gasteiger partial charge in [-0.25, -0.2) is 13.1 Å². The standard InChI is InChI=1S/C19H28N2O3S/c1-13-10-17(11-18(14(13)2)25(23,24)20-3)19(22)21-9-8-15-6-4-5-7-16(15)12-21/h10-11,15-16,20H,4-9,12H2,1-3H3/t15-,16-/m0/s1. The summed E-state index contributed by atoms with van der Waals surface area (Å²) >= 11 is 0. The number of carbonyl (C=O) groups is 1. The van der Waals surface area contributed by atoms with Gasteiger partial charge in [0.05, 0.1) is 4.90 Å². The minimum Gasteiger partial charge on any atom is -0.338 e. The number of hydrogen-bond acceptors (Lipinski definition) is 3. The van der Waals surface area contributed by atoms with Gasteiger partial charge in [-0.05, 0) is 68.8 Å². The zero-order valence-electron chi connectivity index (χ0n) is 15.3. The van der Waals surface area contributed by atoms with E-state index in [0.717, 1.165) is 31.0 Å². The Morgan fingerprint density at radius 1 is 1.12 bits per heavy atom. The number of benzene rings is 1. The number of nitrogens with zero attached hydrogens (tertiary/aromatic N) is 1. The van der Waals surface area contributed by atoms with Crippen molar-refractivity contribution in [3.63, 3.8) is 0 Å². The molecule has 0 aromatic heterocycles. The second kappa shape index (κ2) is 7.08. The average Bonchev–Trinajstić information content (AvgIpc) is 2.62. The van der Waals surface area contributed by atoms with Crippen LogP contribution < -0.4 is 4.72 Å². The van der Waals surface area contributed by atoms with Crippen molar-refractivity contribution in [2.45, 2.75) is 50.8 Å². The fourth-order valence-electron chi connectivity index (χ4n) is 4.31.